The van der Waals surface area contributed by atoms with Gasteiger partial charge in [0, 0.05) is 13.1 Å². The third kappa shape index (κ3) is 2.15. The molecule has 17 heavy (non-hydrogen) atoms. The van der Waals surface area contributed by atoms with Gasteiger partial charge < -0.3 is 4.74 Å². The average Bonchev–Trinajstić information content (AvgIpc) is 2.65. The molecule has 0 fully saturated rings. The lowest BCUT2D eigenvalue weighted by Gasteiger charge is -2.06. The zero-order chi connectivity index (χ0) is 12.4. The summed E-state index contributed by atoms with van der Waals surface area (Å²) in [5, 5.41) is 0. The number of hydrogen-bond acceptors (Lipinski definition) is 3. The van der Waals surface area contributed by atoms with Crippen molar-refractivity contribution in [3.8, 4) is 11.8 Å². The fourth-order valence-corrected chi connectivity index (χ4v) is 1.26. The Hall–Kier alpha value is -2.24. The third-order valence-corrected chi connectivity index (χ3v) is 2.20. The Kier molecular flexibility index (Phi) is 2.86. The molecule has 0 N–H and O–H groups in total. The normalized spacial score (nSPS) is 10.3. The van der Waals surface area contributed by atoms with Gasteiger partial charge in [-0.1, -0.05) is 0 Å². The van der Waals surface area contributed by atoms with E-state index in [9.17, 15) is 13.6 Å². The molecular weight excluding hydrogens is 230 g/mol. The number of carbonyl (C=O) groups excluding carboxylic acids is 1. The molecule has 0 bridgehead atoms. The van der Waals surface area contributed by atoms with Crippen molar-refractivity contribution in [1.29, 1.82) is 0 Å². The number of imidazole rings is 1. The number of nitrogens with zero attached hydrogens (tertiary/aromatic N) is 2. The summed E-state index contributed by atoms with van der Waals surface area (Å²) in [7, 11) is 1.53. The molecule has 0 saturated heterocycles. The van der Waals surface area contributed by atoms with Gasteiger partial charge in [-0.2, -0.15) is 0 Å². The highest BCUT2D eigenvalue weighted by Crippen LogP contribution is 2.24. The number of ether oxygens (including phenoxy) is 1. The minimum Gasteiger partial charge on any atom is -0.422 e. The molecular formula is C11H8F2N2O2. The van der Waals surface area contributed by atoms with Crippen molar-refractivity contribution in [2.75, 3.05) is 0 Å². The molecule has 1 heterocycles. The van der Waals surface area contributed by atoms with E-state index < -0.39 is 11.6 Å². The van der Waals surface area contributed by atoms with Crippen molar-refractivity contribution in [2.24, 2.45) is 7.05 Å². The van der Waals surface area contributed by atoms with Crippen LogP contribution in [-0.2, 0) is 7.05 Å². The van der Waals surface area contributed by atoms with Gasteiger partial charge in [0.15, 0.2) is 17.9 Å². The van der Waals surface area contributed by atoms with Gasteiger partial charge in [-0.05, 0) is 12.1 Å². The first-order chi connectivity index (χ1) is 8.11. The van der Waals surface area contributed by atoms with Gasteiger partial charge in [-0.3, -0.25) is 9.36 Å². The minimum atomic E-state index is -0.706. The molecule has 1 aromatic heterocycles. The maximum absolute atomic E-state index is 13.3. The molecule has 0 amide bonds. The fourth-order valence-electron chi connectivity index (χ4n) is 1.26. The summed E-state index contributed by atoms with van der Waals surface area (Å²) in [6, 6.07) is 2.85. The average molecular weight is 238 g/mol. The van der Waals surface area contributed by atoms with Crippen molar-refractivity contribution in [2.45, 2.75) is 0 Å². The van der Waals surface area contributed by atoms with Crippen molar-refractivity contribution >= 4 is 6.29 Å². The predicted octanol–water partition coefficient (Wildman–Crippen LogP) is 2.30. The quantitative estimate of drug-likeness (QED) is 0.770. The first-order valence-corrected chi connectivity index (χ1v) is 4.71. The van der Waals surface area contributed by atoms with Crippen LogP contribution in [0, 0.1) is 11.6 Å². The van der Waals surface area contributed by atoms with E-state index in [4.69, 9.17) is 4.74 Å². The topological polar surface area (TPSA) is 44.1 Å². The zero-order valence-corrected chi connectivity index (χ0v) is 8.85. The minimum absolute atomic E-state index is 0.0107. The predicted molar refractivity (Wildman–Crippen MR) is 55.0 cm³/mol. The van der Waals surface area contributed by atoms with Crippen LogP contribution in [0.1, 0.15) is 10.5 Å². The van der Waals surface area contributed by atoms with Crippen LogP contribution < -0.4 is 4.74 Å². The smallest absolute Gasteiger partial charge is 0.302 e. The molecule has 0 radical (unpaired) electrons. The number of aromatic nitrogens is 2. The molecule has 0 aliphatic heterocycles. The Balaban J connectivity index is 2.34. The molecule has 0 spiro atoms. The van der Waals surface area contributed by atoms with Crippen LogP contribution >= 0.6 is 0 Å². The molecule has 0 aliphatic carbocycles. The first-order valence-electron chi connectivity index (χ1n) is 4.71. The van der Waals surface area contributed by atoms with Gasteiger partial charge in [0.2, 0.25) is 0 Å². The Labute approximate surface area is 95.5 Å². The lowest BCUT2D eigenvalue weighted by Crippen LogP contribution is -1.99. The van der Waals surface area contributed by atoms with E-state index in [0.717, 1.165) is 18.2 Å². The van der Waals surface area contributed by atoms with Crippen LogP contribution in [0.3, 0.4) is 0 Å². The summed E-state index contributed by atoms with van der Waals surface area (Å²) >= 11 is 0. The highest BCUT2D eigenvalue weighted by atomic mass is 19.1. The molecule has 4 nitrogen and oxygen atoms in total. The van der Waals surface area contributed by atoms with Crippen molar-refractivity contribution in [1.82, 2.24) is 9.55 Å². The van der Waals surface area contributed by atoms with E-state index in [1.165, 1.54) is 17.8 Å². The van der Waals surface area contributed by atoms with E-state index in [1.807, 2.05) is 0 Å². The lowest BCUT2D eigenvalue weighted by molar-refractivity contribution is 0.111. The summed E-state index contributed by atoms with van der Waals surface area (Å²) < 4.78 is 32.6. The summed E-state index contributed by atoms with van der Waals surface area (Å²) in [6.45, 7) is 0. The second-order valence-corrected chi connectivity index (χ2v) is 3.32. The molecule has 88 valence electrons. The van der Waals surface area contributed by atoms with Crippen LogP contribution in [0.2, 0.25) is 0 Å². The number of aldehydes is 1. The molecule has 0 saturated carbocycles. The van der Waals surface area contributed by atoms with Gasteiger partial charge in [-0.25, -0.2) is 13.8 Å². The molecule has 6 heteroatoms. The number of benzene rings is 1. The van der Waals surface area contributed by atoms with Gasteiger partial charge in [0.05, 0.1) is 6.20 Å². The molecule has 0 aliphatic rings. The molecule has 2 aromatic rings. The van der Waals surface area contributed by atoms with Crippen LogP contribution in [0.5, 0.6) is 11.8 Å². The summed E-state index contributed by atoms with van der Waals surface area (Å²) in [6.07, 6.45) is 1.86. The van der Waals surface area contributed by atoms with E-state index >= 15 is 0 Å². The van der Waals surface area contributed by atoms with E-state index in [-0.39, 0.29) is 17.5 Å². The number of rotatable bonds is 3. The van der Waals surface area contributed by atoms with Crippen molar-refractivity contribution < 1.29 is 18.3 Å². The molecule has 0 atom stereocenters. The van der Waals surface area contributed by atoms with Gasteiger partial charge in [-0.15, -0.1) is 0 Å². The number of carbonyl (C=O) groups is 1. The maximum atomic E-state index is 13.3. The highest BCUT2D eigenvalue weighted by Gasteiger charge is 2.11. The maximum Gasteiger partial charge on any atom is 0.302 e. The zero-order valence-electron chi connectivity index (χ0n) is 8.85. The number of halogens is 2. The molecule has 1 aromatic carbocycles. The van der Waals surface area contributed by atoms with Crippen LogP contribution in [0.15, 0.2) is 24.4 Å². The van der Waals surface area contributed by atoms with E-state index in [2.05, 4.69) is 4.98 Å². The van der Waals surface area contributed by atoms with Crippen LogP contribution in [-0.4, -0.2) is 15.8 Å². The monoisotopic (exact) mass is 238 g/mol. The van der Waals surface area contributed by atoms with Gasteiger partial charge >= 0.3 is 6.01 Å². The second-order valence-electron chi connectivity index (χ2n) is 3.32. The van der Waals surface area contributed by atoms with E-state index in [1.54, 1.807) is 0 Å². The second kappa shape index (κ2) is 4.32. The summed E-state index contributed by atoms with van der Waals surface area (Å²) in [4.78, 5) is 14.3. The third-order valence-electron chi connectivity index (χ3n) is 2.20. The first kappa shape index (κ1) is 11.3. The van der Waals surface area contributed by atoms with Gasteiger partial charge in [0.25, 0.3) is 0 Å². The van der Waals surface area contributed by atoms with Crippen LogP contribution in [0.4, 0.5) is 8.78 Å². The van der Waals surface area contributed by atoms with Gasteiger partial charge in [0.1, 0.15) is 11.5 Å². The van der Waals surface area contributed by atoms with E-state index in [0.29, 0.717) is 6.29 Å². The molecule has 0 unspecified atom stereocenters. The number of hydrogen-bond donors (Lipinski definition) is 0. The standard InChI is InChI=1S/C11H8F2N2O2/c1-15-8(6-16)5-14-11(15)17-10-4-7(12)2-3-9(10)13/h2-6H,1H3. The Morgan fingerprint density at radius 1 is 1.41 bits per heavy atom. The molecule has 2 rings (SSSR count). The summed E-state index contributed by atoms with van der Waals surface area (Å²) in [5.74, 6) is -1.61. The Morgan fingerprint density at radius 2 is 2.18 bits per heavy atom. The summed E-state index contributed by atoms with van der Waals surface area (Å²) in [5.41, 5.74) is 0.275. The largest absolute Gasteiger partial charge is 0.422 e. The van der Waals surface area contributed by atoms with Crippen molar-refractivity contribution in [3.05, 3.63) is 41.7 Å². The van der Waals surface area contributed by atoms with Crippen LogP contribution in [0.25, 0.3) is 0 Å². The SMILES string of the molecule is Cn1c(C=O)cnc1Oc1cc(F)ccc1F. The lowest BCUT2D eigenvalue weighted by atomic mass is 10.3. The highest BCUT2D eigenvalue weighted by molar-refractivity contribution is 5.72. The Morgan fingerprint density at radius 3 is 2.82 bits per heavy atom. The van der Waals surface area contributed by atoms with Crippen molar-refractivity contribution in [3.63, 3.8) is 0 Å². The Bertz CT molecular complexity index is 567. The fraction of sp³-hybridized carbons (Fsp3) is 0.0909.